The highest BCUT2D eigenvalue weighted by atomic mass is 16.4. The number of aliphatic carboxylic acids is 1. The van der Waals surface area contributed by atoms with Crippen molar-refractivity contribution < 1.29 is 43.8 Å². The number of carboxylic acids is 1. The molecular formula is C46H61N11O9. The predicted molar refractivity (Wildman–Crippen MR) is 241 cm³/mol. The molecule has 0 spiro atoms. The molecule has 66 heavy (non-hydrogen) atoms. The summed E-state index contributed by atoms with van der Waals surface area (Å²) in [6.45, 7) is 7.18. The average Bonchev–Trinajstić information content (AvgIpc) is 4.12. The van der Waals surface area contributed by atoms with Gasteiger partial charge in [0.15, 0.2) is 0 Å². The summed E-state index contributed by atoms with van der Waals surface area (Å²) in [5.41, 5.74) is 8.55. The van der Waals surface area contributed by atoms with E-state index in [2.05, 4.69) is 46.5 Å². The van der Waals surface area contributed by atoms with E-state index >= 15 is 0 Å². The van der Waals surface area contributed by atoms with Gasteiger partial charge in [0, 0.05) is 56.0 Å². The van der Waals surface area contributed by atoms with E-state index in [1.54, 1.807) is 63.2 Å². The van der Waals surface area contributed by atoms with Gasteiger partial charge in [-0.3, -0.25) is 28.8 Å². The molecule has 20 nitrogen and oxygen atoms in total. The van der Waals surface area contributed by atoms with Gasteiger partial charge in [0.05, 0.1) is 18.7 Å². The van der Waals surface area contributed by atoms with Crippen LogP contribution in [0, 0.1) is 11.8 Å². The first-order chi connectivity index (χ1) is 31.5. The van der Waals surface area contributed by atoms with Crippen LogP contribution in [0.4, 0.5) is 0 Å². The fraction of sp³-hybridized carbons (Fsp3) is 0.457. The van der Waals surface area contributed by atoms with Crippen LogP contribution in [0.3, 0.4) is 0 Å². The Hall–Kier alpha value is -7.09. The minimum absolute atomic E-state index is 0.0148. The number of phenols is 1. The summed E-state index contributed by atoms with van der Waals surface area (Å²) < 4.78 is 0. The zero-order valence-electron chi connectivity index (χ0n) is 37.5. The smallest absolute Gasteiger partial charge is 0.326 e. The molecule has 6 amide bonds. The molecule has 1 aliphatic rings. The molecule has 2 aromatic heterocycles. The Morgan fingerprint density at radius 3 is 1.88 bits per heavy atom. The Morgan fingerprint density at radius 1 is 0.712 bits per heavy atom. The molecule has 0 bridgehead atoms. The molecule has 354 valence electrons. The van der Waals surface area contributed by atoms with Gasteiger partial charge in [-0.2, -0.15) is 0 Å². The Kier molecular flexibility index (Phi) is 17.9. The number of carbonyl (C=O) groups is 7. The number of H-pyrrole nitrogens is 2. The molecule has 0 radical (unpaired) electrons. The highest BCUT2D eigenvalue weighted by Crippen LogP contribution is 2.21. The van der Waals surface area contributed by atoms with Gasteiger partial charge in [-0.05, 0) is 47.9 Å². The van der Waals surface area contributed by atoms with Gasteiger partial charge < -0.3 is 57.4 Å². The van der Waals surface area contributed by atoms with E-state index in [9.17, 15) is 43.8 Å². The van der Waals surface area contributed by atoms with Crippen LogP contribution in [-0.4, -0.2) is 125 Å². The maximum Gasteiger partial charge on any atom is 0.326 e. The number of rotatable bonds is 23. The van der Waals surface area contributed by atoms with Crippen molar-refractivity contribution in [1.82, 2.24) is 51.4 Å². The number of aromatic amines is 2. The Morgan fingerprint density at radius 2 is 1.29 bits per heavy atom. The summed E-state index contributed by atoms with van der Waals surface area (Å²) in [6, 6.07) is 6.69. The third kappa shape index (κ3) is 14.0. The third-order valence-corrected chi connectivity index (χ3v) is 11.7. The molecule has 8 atom stereocenters. The van der Waals surface area contributed by atoms with Gasteiger partial charge in [0.2, 0.25) is 35.4 Å². The second kappa shape index (κ2) is 23.7. The maximum absolute atomic E-state index is 14.5. The Labute approximate surface area is 382 Å². The van der Waals surface area contributed by atoms with Gasteiger partial charge in [-0.1, -0.05) is 76.6 Å². The molecule has 11 N–H and O–H groups in total. The van der Waals surface area contributed by atoms with Crippen molar-refractivity contribution in [3.05, 3.63) is 102 Å². The lowest BCUT2D eigenvalue weighted by Crippen LogP contribution is -2.61. The molecule has 0 aliphatic carbocycles. The first-order valence-electron chi connectivity index (χ1n) is 22.1. The minimum atomic E-state index is -1.29. The van der Waals surface area contributed by atoms with Gasteiger partial charge >= 0.3 is 5.97 Å². The monoisotopic (exact) mass is 911 g/mol. The Balaban J connectivity index is 1.34. The van der Waals surface area contributed by atoms with Crippen LogP contribution in [0.15, 0.2) is 79.6 Å². The van der Waals surface area contributed by atoms with E-state index in [1.165, 1.54) is 42.1 Å². The first kappa shape index (κ1) is 49.9. The van der Waals surface area contributed by atoms with Crippen LogP contribution in [-0.2, 0) is 59.2 Å². The summed E-state index contributed by atoms with van der Waals surface area (Å²) in [4.78, 5) is 112. The largest absolute Gasteiger partial charge is 0.508 e. The molecule has 4 aromatic rings. The van der Waals surface area contributed by atoms with Crippen LogP contribution in [0.5, 0.6) is 5.75 Å². The van der Waals surface area contributed by atoms with Crippen LogP contribution >= 0.6 is 0 Å². The summed E-state index contributed by atoms with van der Waals surface area (Å²) in [5, 5.41) is 33.6. The Bertz CT molecular complexity index is 2240. The van der Waals surface area contributed by atoms with E-state index in [0.29, 0.717) is 35.4 Å². The lowest BCUT2D eigenvalue weighted by Gasteiger charge is -2.32. The SMILES string of the molecule is CC[C@H](C)[C@H](NC(=O)[C@H](Cc1ccc(O)cc1)NC(=O)[C@@H](NC(=O)[C@@H](N)Cc1cnc[nH]1)C(C)C)C(=O)N[C@@H](Cc1cnc[nH]1)C(=O)N1CCC[C@H]1C(=O)N[C@@H](Cc1ccccc1)C(=O)O. The fourth-order valence-electron chi connectivity index (χ4n) is 7.71. The molecule has 0 saturated carbocycles. The second-order valence-corrected chi connectivity index (χ2v) is 17.0. The van der Waals surface area contributed by atoms with E-state index in [0.717, 1.165) is 0 Å². The minimum Gasteiger partial charge on any atom is -0.508 e. The molecule has 0 unspecified atom stereocenters. The van der Waals surface area contributed by atoms with Gasteiger partial charge in [0.25, 0.3) is 0 Å². The number of carboxylic acid groups (broad SMARTS) is 1. The number of aromatic nitrogens is 4. The first-order valence-corrected chi connectivity index (χ1v) is 22.1. The number of nitrogens with two attached hydrogens (primary N) is 1. The number of amides is 6. The summed E-state index contributed by atoms with van der Waals surface area (Å²) in [6.07, 6.45) is 7.05. The van der Waals surface area contributed by atoms with Crippen molar-refractivity contribution in [3.63, 3.8) is 0 Å². The van der Waals surface area contributed by atoms with Crippen LogP contribution in [0.25, 0.3) is 0 Å². The zero-order valence-corrected chi connectivity index (χ0v) is 37.5. The number of phenolic OH excluding ortho intramolecular Hbond substituents is 1. The molecule has 1 aliphatic heterocycles. The van der Waals surface area contributed by atoms with Gasteiger partial charge in [-0.25, -0.2) is 14.8 Å². The van der Waals surface area contributed by atoms with Gasteiger partial charge in [-0.15, -0.1) is 0 Å². The van der Waals surface area contributed by atoms with Crippen molar-refractivity contribution >= 4 is 41.4 Å². The standard InChI is InChI=1S/C46H61N11O9/c1-5-27(4)39(56-41(60)34(18-29-13-15-32(58)16-14-29)52-43(62)38(26(2)3)55-40(59)33(47)20-30-22-48-24-50-30)44(63)53-35(21-31-23-49-25-51-31)45(64)57-17-9-12-37(57)42(61)54-36(46(65)66)19-28-10-7-6-8-11-28/h6-8,10-11,13-16,22-27,33-39,58H,5,9,12,17-21,47H2,1-4H3,(H,48,50)(H,49,51)(H,52,62)(H,53,63)(H,54,61)(H,55,59)(H,56,60)(H,65,66)/t27-,33-,34-,35-,36-,37-,38-,39-/m0/s1. The van der Waals surface area contributed by atoms with Crippen molar-refractivity contribution in [2.75, 3.05) is 6.54 Å². The number of hydrogen-bond donors (Lipinski definition) is 10. The molecule has 3 heterocycles. The van der Waals surface area contributed by atoms with Gasteiger partial charge in [0.1, 0.15) is 42.0 Å². The maximum atomic E-state index is 14.5. The third-order valence-electron chi connectivity index (χ3n) is 11.7. The topological polar surface area (TPSA) is 307 Å². The quantitative estimate of drug-likeness (QED) is 0.0491. The number of nitrogens with one attached hydrogen (secondary N) is 7. The van der Waals surface area contributed by atoms with Crippen LogP contribution in [0.2, 0.25) is 0 Å². The van der Waals surface area contributed by atoms with Crippen LogP contribution < -0.4 is 32.3 Å². The summed E-state index contributed by atoms with van der Waals surface area (Å²) >= 11 is 0. The number of likely N-dealkylation sites (tertiary alicyclic amines) is 1. The average molecular weight is 912 g/mol. The van der Waals surface area contributed by atoms with E-state index in [1.807, 2.05) is 6.92 Å². The molecule has 1 fully saturated rings. The second-order valence-electron chi connectivity index (χ2n) is 17.0. The molecule has 20 heteroatoms. The number of carbonyl (C=O) groups excluding carboxylic acids is 6. The normalized spacial score (nSPS) is 16.8. The summed E-state index contributed by atoms with van der Waals surface area (Å²) in [7, 11) is 0. The number of nitrogens with zero attached hydrogens (tertiary/aromatic N) is 3. The molecule has 1 saturated heterocycles. The summed E-state index contributed by atoms with van der Waals surface area (Å²) in [5.74, 6) is -6.15. The van der Waals surface area contributed by atoms with Crippen LogP contribution in [0.1, 0.15) is 69.5 Å². The predicted octanol–water partition coefficient (Wildman–Crippen LogP) is 0.638. The number of aromatic hydroxyl groups is 1. The van der Waals surface area contributed by atoms with Crippen molar-refractivity contribution in [2.24, 2.45) is 17.6 Å². The van der Waals surface area contributed by atoms with E-state index < -0.39 is 95.5 Å². The number of imidazole rings is 2. The fourth-order valence-corrected chi connectivity index (χ4v) is 7.71. The molecule has 2 aromatic carbocycles. The lowest BCUT2D eigenvalue weighted by atomic mass is 9.96. The van der Waals surface area contributed by atoms with E-state index in [-0.39, 0.29) is 44.4 Å². The lowest BCUT2D eigenvalue weighted by molar-refractivity contribution is -0.145. The van der Waals surface area contributed by atoms with E-state index in [4.69, 9.17) is 5.73 Å². The van der Waals surface area contributed by atoms with Crippen molar-refractivity contribution in [3.8, 4) is 5.75 Å². The van der Waals surface area contributed by atoms with Crippen molar-refractivity contribution in [1.29, 1.82) is 0 Å². The molecular weight excluding hydrogens is 851 g/mol. The number of benzene rings is 2. The number of hydrogen-bond acceptors (Lipinski definition) is 11. The highest BCUT2D eigenvalue weighted by molar-refractivity contribution is 5.97. The zero-order chi connectivity index (χ0) is 47.9. The molecule has 5 rings (SSSR count). The highest BCUT2D eigenvalue weighted by Gasteiger charge is 2.41. The van der Waals surface area contributed by atoms with Crippen molar-refractivity contribution in [2.45, 2.75) is 115 Å².